The van der Waals surface area contributed by atoms with E-state index in [1.54, 1.807) is 0 Å². The van der Waals surface area contributed by atoms with Crippen LogP contribution < -0.4 is 5.32 Å². The van der Waals surface area contributed by atoms with Gasteiger partial charge in [0.05, 0.1) is 0 Å². The van der Waals surface area contributed by atoms with Gasteiger partial charge in [-0.15, -0.1) is 0 Å². The highest BCUT2D eigenvalue weighted by Gasteiger charge is 2.28. The van der Waals surface area contributed by atoms with Crippen LogP contribution in [0.2, 0.25) is 0 Å². The van der Waals surface area contributed by atoms with Gasteiger partial charge in [-0.05, 0) is 38.3 Å². The van der Waals surface area contributed by atoms with E-state index in [2.05, 4.69) is 52.0 Å². The highest BCUT2D eigenvalue weighted by molar-refractivity contribution is 4.85. The van der Waals surface area contributed by atoms with E-state index in [-0.39, 0.29) is 0 Å². The SMILES string of the molecule is CCC(CC)C(CNC1CCCC(C)C1C)N(C)C. The molecule has 2 heteroatoms. The Hall–Kier alpha value is -0.0800. The molecule has 4 atom stereocenters. The van der Waals surface area contributed by atoms with Crippen LogP contribution in [0.4, 0.5) is 0 Å². The summed E-state index contributed by atoms with van der Waals surface area (Å²) in [5.74, 6) is 2.54. The van der Waals surface area contributed by atoms with Gasteiger partial charge in [-0.1, -0.05) is 53.4 Å². The number of nitrogens with zero attached hydrogens (tertiary/aromatic N) is 1. The molecule has 2 nitrogen and oxygen atoms in total. The van der Waals surface area contributed by atoms with Gasteiger partial charge in [-0.25, -0.2) is 0 Å². The second kappa shape index (κ2) is 8.26. The zero-order valence-electron chi connectivity index (χ0n) is 14.1. The van der Waals surface area contributed by atoms with Crippen LogP contribution in [-0.4, -0.2) is 37.6 Å². The van der Waals surface area contributed by atoms with Crippen LogP contribution in [0.3, 0.4) is 0 Å². The Bertz CT molecular complexity index is 235. The first-order valence-corrected chi connectivity index (χ1v) is 8.41. The molecule has 0 amide bonds. The van der Waals surface area contributed by atoms with E-state index >= 15 is 0 Å². The summed E-state index contributed by atoms with van der Waals surface area (Å²) in [4.78, 5) is 2.42. The second-order valence-electron chi connectivity index (χ2n) is 6.89. The molecule has 19 heavy (non-hydrogen) atoms. The molecule has 1 rings (SSSR count). The molecular weight excluding hydrogens is 232 g/mol. The molecule has 0 radical (unpaired) electrons. The minimum absolute atomic E-state index is 0.680. The van der Waals surface area contributed by atoms with Gasteiger partial charge in [0.15, 0.2) is 0 Å². The monoisotopic (exact) mass is 268 g/mol. The highest BCUT2D eigenvalue weighted by atomic mass is 15.1. The average Bonchev–Trinajstić information content (AvgIpc) is 2.38. The molecule has 1 aliphatic rings. The maximum Gasteiger partial charge on any atom is 0.0242 e. The van der Waals surface area contributed by atoms with E-state index in [4.69, 9.17) is 0 Å². The van der Waals surface area contributed by atoms with Crippen LogP contribution in [0.25, 0.3) is 0 Å². The van der Waals surface area contributed by atoms with E-state index < -0.39 is 0 Å². The Morgan fingerprint density at radius 1 is 1.11 bits per heavy atom. The summed E-state index contributed by atoms with van der Waals surface area (Å²) in [6.45, 7) is 10.7. The van der Waals surface area contributed by atoms with Crippen molar-refractivity contribution < 1.29 is 0 Å². The highest BCUT2D eigenvalue weighted by Crippen LogP contribution is 2.29. The number of rotatable bonds is 7. The van der Waals surface area contributed by atoms with E-state index in [9.17, 15) is 0 Å². The van der Waals surface area contributed by atoms with Crippen molar-refractivity contribution in [2.45, 2.75) is 71.9 Å². The summed E-state index contributed by atoms with van der Waals surface area (Å²) >= 11 is 0. The smallest absolute Gasteiger partial charge is 0.0242 e. The summed E-state index contributed by atoms with van der Waals surface area (Å²) in [6.07, 6.45) is 6.77. The summed E-state index contributed by atoms with van der Waals surface area (Å²) in [7, 11) is 4.47. The van der Waals surface area contributed by atoms with E-state index in [0.717, 1.165) is 30.3 Å². The number of hydrogen-bond donors (Lipinski definition) is 1. The molecule has 0 aromatic rings. The molecule has 4 unspecified atom stereocenters. The lowest BCUT2D eigenvalue weighted by molar-refractivity contribution is 0.159. The van der Waals surface area contributed by atoms with Gasteiger partial charge < -0.3 is 10.2 Å². The molecule has 0 spiro atoms. The average molecular weight is 268 g/mol. The predicted molar refractivity (Wildman–Crippen MR) is 85.5 cm³/mol. The van der Waals surface area contributed by atoms with Crippen molar-refractivity contribution in [3.63, 3.8) is 0 Å². The molecule has 1 aliphatic carbocycles. The van der Waals surface area contributed by atoms with Gasteiger partial charge in [-0.3, -0.25) is 0 Å². The Balaban J connectivity index is 2.51. The van der Waals surface area contributed by atoms with Gasteiger partial charge in [0.1, 0.15) is 0 Å². The largest absolute Gasteiger partial charge is 0.312 e. The molecule has 0 aromatic heterocycles. The molecular formula is C17H36N2. The number of likely N-dealkylation sites (N-methyl/N-ethyl adjacent to an activating group) is 1. The van der Waals surface area contributed by atoms with Crippen LogP contribution in [0.15, 0.2) is 0 Å². The van der Waals surface area contributed by atoms with Crippen molar-refractivity contribution in [2.24, 2.45) is 17.8 Å². The standard InChI is InChI=1S/C17H36N2/c1-7-15(8-2)17(19(5)6)12-18-16-11-9-10-13(3)14(16)4/h13-18H,7-12H2,1-6H3. The number of nitrogens with one attached hydrogen (secondary N) is 1. The lowest BCUT2D eigenvalue weighted by Gasteiger charge is -2.38. The Labute approximate surface area is 121 Å². The van der Waals surface area contributed by atoms with Crippen molar-refractivity contribution in [1.82, 2.24) is 10.2 Å². The maximum atomic E-state index is 3.89. The number of hydrogen-bond acceptors (Lipinski definition) is 2. The van der Waals surface area contributed by atoms with Gasteiger partial charge in [0.25, 0.3) is 0 Å². The summed E-state index contributed by atoms with van der Waals surface area (Å²) < 4.78 is 0. The first-order chi connectivity index (χ1) is 9.01. The van der Waals surface area contributed by atoms with Crippen LogP contribution in [-0.2, 0) is 0 Å². The Kier molecular flexibility index (Phi) is 7.38. The van der Waals surface area contributed by atoms with Gasteiger partial charge in [0, 0.05) is 18.6 Å². The molecule has 114 valence electrons. The maximum absolute atomic E-state index is 3.89. The fourth-order valence-corrected chi connectivity index (χ4v) is 3.75. The zero-order chi connectivity index (χ0) is 14.4. The van der Waals surface area contributed by atoms with E-state index in [0.29, 0.717) is 6.04 Å². The minimum Gasteiger partial charge on any atom is -0.312 e. The lowest BCUT2D eigenvalue weighted by atomic mass is 9.78. The van der Waals surface area contributed by atoms with Crippen LogP contribution in [0.5, 0.6) is 0 Å². The van der Waals surface area contributed by atoms with Crippen molar-refractivity contribution in [3.8, 4) is 0 Å². The molecule has 1 fully saturated rings. The third-order valence-corrected chi connectivity index (χ3v) is 5.55. The molecule has 0 aliphatic heterocycles. The van der Waals surface area contributed by atoms with Gasteiger partial charge in [0.2, 0.25) is 0 Å². The minimum atomic E-state index is 0.680. The van der Waals surface area contributed by atoms with Crippen LogP contribution in [0, 0.1) is 17.8 Å². The quantitative estimate of drug-likeness (QED) is 0.756. The van der Waals surface area contributed by atoms with Crippen LogP contribution >= 0.6 is 0 Å². The normalized spacial score (nSPS) is 30.0. The van der Waals surface area contributed by atoms with E-state index in [1.165, 1.54) is 32.1 Å². The van der Waals surface area contributed by atoms with Crippen molar-refractivity contribution >= 4 is 0 Å². The molecule has 1 N–H and O–H groups in total. The third kappa shape index (κ3) is 4.75. The van der Waals surface area contributed by atoms with E-state index in [1.807, 2.05) is 0 Å². The Morgan fingerprint density at radius 3 is 2.26 bits per heavy atom. The van der Waals surface area contributed by atoms with Crippen molar-refractivity contribution in [2.75, 3.05) is 20.6 Å². The topological polar surface area (TPSA) is 15.3 Å². The predicted octanol–water partition coefficient (Wildman–Crippen LogP) is 3.77. The van der Waals surface area contributed by atoms with Gasteiger partial charge >= 0.3 is 0 Å². The lowest BCUT2D eigenvalue weighted by Crippen LogP contribution is -2.49. The molecule has 0 heterocycles. The zero-order valence-corrected chi connectivity index (χ0v) is 14.1. The molecule has 0 saturated heterocycles. The Morgan fingerprint density at radius 2 is 1.74 bits per heavy atom. The molecule has 0 bridgehead atoms. The summed E-state index contributed by atoms with van der Waals surface area (Å²) in [5.41, 5.74) is 0. The fraction of sp³-hybridized carbons (Fsp3) is 1.00. The summed E-state index contributed by atoms with van der Waals surface area (Å²) in [5, 5.41) is 3.89. The first-order valence-electron chi connectivity index (χ1n) is 8.41. The van der Waals surface area contributed by atoms with Crippen LogP contribution in [0.1, 0.15) is 59.8 Å². The van der Waals surface area contributed by atoms with Crippen molar-refractivity contribution in [3.05, 3.63) is 0 Å². The molecule has 0 aromatic carbocycles. The summed E-state index contributed by atoms with van der Waals surface area (Å²) in [6, 6.07) is 1.42. The van der Waals surface area contributed by atoms with Gasteiger partial charge in [-0.2, -0.15) is 0 Å². The molecule has 1 saturated carbocycles. The first kappa shape index (κ1) is 17.0. The van der Waals surface area contributed by atoms with Crippen molar-refractivity contribution in [1.29, 1.82) is 0 Å². The third-order valence-electron chi connectivity index (χ3n) is 5.55. The second-order valence-corrected chi connectivity index (χ2v) is 6.89. The fourth-order valence-electron chi connectivity index (χ4n) is 3.75.